The lowest BCUT2D eigenvalue weighted by molar-refractivity contribution is 1.61. The Kier molecular flexibility index (Phi) is 7.33. The lowest BCUT2D eigenvalue weighted by atomic mass is 9.84. The van der Waals surface area contributed by atoms with E-state index >= 15 is 0 Å². The van der Waals surface area contributed by atoms with Gasteiger partial charge in [0.15, 0.2) is 0 Å². The van der Waals surface area contributed by atoms with Gasteiger partial charge in [-0.05, 0) is 144 Å². The Labute approximate surface area is 336 Å². The second-order valence-corrected chi connectivity index (χ2v) is 15.6. The topological polar surface area (TPSA) is 0 Å². The summed E-state index contributed by atoms with van der Waals surface area (Å²) in [5.74, 6) is 0. The van der Waals surface area contributed by atoms with Crippen LogP contribution in [0.15, 0.2) is 218 Å². The molecule has 0 saturated carbocycles. The number of hydrogen-bond acceptors (Lipinski definition) is 0. The molecule has 0 nitrogen and oxygen atoms in total. The summed E-state index contributed by atoms with van der Waals surface area (Å²) in [6.45, 7) is 0. The van der Waals surface area contributed by atoms with Gasteiger partial charge in [-0.3, -0.25) is 0 Å². The fraction of sp³-hybridized carbons (Fsp3) is 0. The molecule has 0 fully saturated rings. The van der Waals surface area contributed by atoms with Crippen LogP contribution in [0.4, 0.5) is 0 Å². The molecule has 268 valence electrons. The second kappa shape index (κ2) is 13.0. The monoisotopic (exact) mass is 732 g/mol. The fourth-order valence-electron chi connectivity index (χ4n) is 9.69. The van der Waals surface area contributed by atoms with E-state index in [1.54, 1.807) is 0 Å². The van der Waals surface area contributed by atoms with Crippen molar-refractivity contribution in [3.05, 3.63) is 218 Å². The molecule has 0 radical (unpaired) electrons. The molecule has 12 aromatic rings. The van der Waals surface area contributed by atoms with E-state index in [2.05, 4.69) is 218 Å². The van der Waals surface area contributed by atoms with Crippen molar-refractivity contribution in [2.75, 3.05) is 0 Å². The summed E-state index contributed by atoms with van der Waals surface area (Å²) in [5, 5.41) is 17.9. The Hall–Kier alpha value is -7.54. The second-order valence-electron chi connectivity index (χ2n) is 15.6. The summed E-state index contributed by atoms with van der Waals surface area (Å²) >= 11 is 0. The first-order valence-corrected chi connectivity index (χ1v) is 20.2. The van der Waals surface area contributed by atoms with Crippen LogP contribution in [-0.4, -0.2) is 0 Å². The Morgan fingerprint density at radius 1 is 0.172 bits per heavy atom. The molecule has 0 aliphatic heterocycles. The van der Waals surface area contributed by atoms with Crippen LogP contribution in [-0.2, 0) is 0 Å². The van der Waals surface area contributed by atoms with E-state index in [9.17, 15) is 0 Å². The maximum Gasteiger partial charge on any atom is -0.00137 e. The van der Waals surface area contributed by atoms with E-state index in [0.717, 1.165) is 0 Å². The van der Waals surface area contributed by atoms with E-state index in [1.807, 2.05) is 0 Å². The Bertz CT molecular complexity index is 3380. The molecule has 12 rings (SSSR count). The lowest BCUT2D eigenvalue weighted by Crippen LogP contribution is -1.91. The van der Waals surface area contributed by atoms with Gasteiger partial charge in [-0.15, -0.1) is 0 Å². The summed E-state index contributed by atoms with van der Waals surface area (Å²) in [4.78, 5) is 0. The molecule has 0 aliphatic rings. The van der Waals surface area contributed by atoms with Crippen LogP contribution in [0.25, 0.3) is 120 Å². The van der Waals surface area contributed by atoms with Crippen LogP contribution in [0, 0.1) is 0 Å². The molecule has 0 amide bonds. The van der Waals surface area contributed by atoms with Crippen LogP contribution in [0.1, 0.15) is 0 Å². The number of benzene rings is 12. The summed E-state index contributed by atoms with van der Waals surface area (Å²) in [5.41, 5.74) is 9.84. The molecule has 0 bridgehead atoms. The summed E-state index contributed by atoms with van der Waals surface area (Å²) < 4.78 is 0. The maximum absolute atomic E-state index is 2.46. The average molecular weight is 733 g/mol. The number of rotatable bonds is 4. The van der Waals surface area contributed by atoms with Gasteiger partial charge in [0.1, 0.15) is 0 Å². The van der Waals surface area contributed by atoms with Gasteiger partial charge < -0.3 is 0 Å². The molecule has 0 atom stereocenters. The number of fused-ring (bicyclic) bond motifs is 13. The van der Waals surface area contributed by atoms with Crippen LogP contribution in [0.3, 0.4) is 0 Å². The molecule has 0 N–H and O–H groups in total. The molecule has 0 heterocycles. The zero-order valence-corrected chi connectivity index (χ0v) is 31.8. The van der Waals surface area contributed by atoms with Gasteiger partial charge >= 0.3 is 0 Å². The van der Waals surface area contributed by atoms with Crippen molar-refractivity contribution in [3.8, 4) is 44.5 Å². The van der Waals surface area contributed by atoms with E-state index in [1.165, 1.54) is 120 Å². The predicted octanol–water partition coefficient (Wildman–Crippen LogP) is 16.4. The van der Waals surface area contributed by atoms with Crippen LogP contribution < -0.4 is 0 Å². The Morgan fingerprint density at radius 3 is 0.879 bits per heavy atom. The van der Waals surface area contributed by atoms with E-state index in [4.69, 9.17) is 0 Å². The summed E-state index contributed by atoms with van der Waals surface area (Å²) in [6.07, 6.45) is 0. The quantitative estimate of drug-likeness (QED) is 0.158. The zero-order chi connectivity index (χ0) is 38.2. The molecular weight excluding hydrogens is 697 g/mol. The lowest BCUT2D eigenvalue weighted by Gasteiger charge is -2.19. The highest BCUT2D eigenvalue weighted by Gasteiger charge is 2.19. The molecular formula is C58H36. The fourth-order valence-corrected chi connectivity index (χ4v) is 9.69. The van der Waals surface area contributed by atoms with Gasteiger partial charge in [0.25, 0.3) is 0 Å². The van der Waals surface area contributed by atoms with Gasteiger partial charge in [-0.2, -0.15) is 0 Å². The highest BCUT2D eigenvalue weighted by Crippen LogP contribution is 2.47. The Morgan fingerprint density at radius 2 is 0.466 bits per heavy atom. The molecule has 0 saturated heterocycles. The van der Waals surface area contributed by atoms with E-state index in [-0.39, 0.29) is 0 Å². The van der Waals surface area contributed by atoms with Gasteiger partial charge in [-0.1, -0.05) is 194 Å². The first kappa shape index (κ1) is 32.7. The van der Waals surface area contributed by atoms with E-state index < -0.39 is 0 Å². The third kappa shape index (κ3) is 5.09. The SMILES string of the molecule is c1ccc(-c2ccc3c4ccccc4c4c5cc(-c6ccccc6-c6ccc7ccccc7c6)ccc5c5ccccc5c4c3c2)c(-c2ccc3ccccc3c2)c1. The maximum atomic E-state index is 2.46. The number of hydrogen-bond donors (Lipinski definition) is 0. The highest BCUT2D eigenvalue weighted by molar-refractivity contribution is 6.39. The molecule has 58 heavy (non-hydrogen) atoms. The summed E-state index contributed by atoms with van der Waals surface area (Å²) in [7, 11) is 0. The van der Waals surface area contributed by atoms with Crippen LogP contribution in [0.5, 0.6) is 0 Å². The molecule has 0 aliphatic carbocycles. The molecule has 0 heteroatoms. The zero-order valence-electron chi connectivity index (χ0n) is 31.8. The van der Waals surface area contributed by atoms with Crippen molar-refractivity contribution in [1.29, 1.82) is 0 Å². The van der Waals surface area contributed by atoms with Gasteiger partial charge in [0.05, 0.1) is 0 Å². The molecule has 0 spiro atoms. The third-order valence-corrected chi connectivity index (χ3v) is 12.4. The third-order valence-electron chi connectivity index (χ3n) is 12.4. The van der Waals surface area contributed by atoms with Gasteiger partial charge in [-0.25, -0.2) is 0 Å². The minimum Gasteiger partial charge on any atom is -0.0616 e. The smallest absolute Gasteiger partial charge is 0.00137 e. The van der Waals surface area contributed by atoms with Crippen molar-refractivity contribution in [2.45, 2.75) is 0 Å². The summed E-state index contributed by atoms with van der Waals surface area (Å²) in [6, 6.07) is 81.0. The molecule has 0 unspecified atom stereocenters. The predicted molar refractivity (Wildman–Crippen MR) is 251 cm³/mol. The van der Waals surface area contributed by atoms with Crippen molar-refractivity contribution >= 4 is 75.4 Å². The largest absolute Gasteiger partial charge is 0.0616 e. The van der Waals surface area contributed by atoms with Gasteiger partial charge in [0, 0.05) is 0 Å². The van der Waals surface area contributed by atoms with Crippen molar-refractivity contribution in [1.82, 2.24) is 0 Å². The highest BCUT2D eigenvalue weighted by atomic mass is 14.2. The van der Waals surface area contributed by atoms with Crippen molar-refractivity contribution in [3.63, 3.8) is 0 Å². The van der Waals surface area contributed by atoms with Crippen molar-refractivity contribution in [2.24, 2.45) is 0 Å². The van der Waals surface area contributed by atoms with Crippen molar-refractivity contribution < 1.29 is 0 Å². The molecule has 0 aromatic heterocycles. The van der Waals surface area contributed by atoms with Crippen LogP contribution in [0.2, 0.25) is 0 Å². The minimum atomic E-state index is 1.22. The Balaban J connectivity index is 1.14. The first-order valence-electron chi connectivity index (χ1n) is 20.2. The minimum absolute atomic E-state index is 1.22. The molecule has 12 aromatic carbocycles. The van der Waals surface area contributed by atoms with Crippen LogP contribution >= 0.6 is 0 Å². The normalized spacial score (nSPS) is 11.8. The van der Waals surface area contributed by atoms with E-state index in [0.29, 0.717) is 0 Å². The average Bonchev–Trinajstić information content (AvgIpc) is 3.30. The first-order chi connectivity index (χ1) is 28.8. The standard InChI is InChI=1S/C58H36/c1-3-15-39-33-41(27-25-37(39)13-1)45-17-5-7-19-47(45)43-29-31-51-49-21-9-12-24-54(49)58-56-36-44(30-32-52(56)50-22-10-11-23-53(50)57(58)55(51)35-43)48-20-8-6-18-46(48)42-28-26-38-14-2-4-16-40(38)34-42/h1-36H. The van der Waals surface area contributed by atoms with Gasteiger partial charge in [0.2, 0.25) is 0 Å².